The van der Waals surface area contributed by atoms with Crippen LogP contribution >= 0.6 is 15.9 Å². The number of amidine groups is 1. The number of hydrogen-bond acceptors (Lipinski definition) is 5. The van der Waals surface area contributed by atoms with Gasteiger partial charge in [-0.15, -0.1) is 0 Å². The van der Waals surface area contributed by atoms with Crippen molar-refractivity contribution in [1.82, 2.24) is 4.98 Å². The van der Waals surface area contributed by atoms with Crippen LogP contribution in [-0.4, -0.2) is 36.4 Å². The van der Waals surface area contributed by atoms with E-state index in [1.165, 1.54) is 18.3 Å². The van der Waals surface area contributed by atoms with Gasteiger partial charge < -0.3 is 15.8 Å². The van der Waals surface area contributed by atoms with Crippen molar-refractivity contribution < 1.29 is 18.3 Å². The fourth-order valence-corrected chi connectivity index (χ4v) is 2.82. The molecule has 0 bridgehead atoms. The minimum atomic E-state index is -2.82. The van der Waals surface area contributed by atoms with Crippen molar-refractivity contribution in [2.45, 2.75) is 12.0 Å². The molecule has 1 aromatic carbocycles. The fraction of sp³-hybridized carbons (Fsp3) is 0.235. The second-order valence-corrected chi connectivity index (χ2v) is 6.63. The van der Waals surface area contributed by atoms with Crippen LogP contribution in [0.5, 0.6) is 0 Å². The summed E-state index contributed by atoms with van der Waals surface area (Å²) in [7, 11) is 0. The van der Waals surface area contributed by atoms with Crippen molar-refractivity contribution in [2.75, 3.05) is 18.5 Å². The van der Waals surface area contributed by atoms with Crippen LogP contribution in [0.15, 0.2) is 52.1 Å². The molecule has 1 amide bonds. The first-order valence-corrected chi connectivity index (χ1v) is 8.43. The molecule has 136 valence electrons. The molecule has 1 aliphatic rings. The van der Waals surface area contributed by atoms with Crippen LogP contribution in [0.2, 0.25) is 0 Å². The molecular weight excluding hydrogens is 410 g/mol. The van der Waals surface area contributed by atoms with Crippen molar-refractivity contribution in [3.05, 3.63) is 58.3 Å². The van der Waals surface area contributed by atoms with Gasteiger partial charge in [-0.25, -0.2) is 13.8 Å². The van der Waals surface area contributed by atoms with E-state index in [1.54, 1.807) is 24.3 Å². The Labute approximate surface area is 156 Å². The van der Waals surface area contributed by atoms with Gasteiger partial charge in [0, 0.05) is 16.4 Å². The summed E-state index contributed by atoms with van der Waals surface area (Å²) in [5.74, 6) is -0.450. The number of hydrogen-bond donors (Lipinski definition) is 2. The molecule has 0 radical (unpaired) electrons. The minimum absolute atomic E-state index is 0.00468. The number of benzene rings is 1. The number of carbonyl (C=O) groups excluding carboxylic acids is 1. The van der Waals surface area contributed by atoms with Crippen molar-refractivity contribution in [2.24, 2.45) is 10.7 Å². The standard InChI is InChI=1S/C17H15BrF2N4O2/c18-11-4-5-13(22-7-11)15(25)23-12-3-1-2-10(6-12)17(16(19)20)9-26-8-14(21)24-17/h1-7,16H,8-9H2,(H2,21,24)(H,23,25). The highest BCUT2D eigenvalue weighted by atomic mass is 79.9. The number of nitrogens with two attached hydrogens (primary N) is 1. The zero-order valence-electron chi connectivity index (χ0n) is 13.5. The molecule has 1 aromatic heterocycles. The van der Waals surface area contributed by atoms with E-state index in [2.05, 4.69) is 31.2 Å². The van der Waals surface area contributed by atoms with Crippen molar-refractivity contribution in [3.63, 3.8) is 0 Å². The lowest BCUT2D eigenvalue weighted by Gasteiger charge is -2.33. The van der Waals surface area contributed by atoms with Gasteiger partial charge in [-0.1, -0.05) is 12.1 Å². The van der Waals surface area contributed by atoms with Gasteiger partial charge in [-0.05, 0) is 45.8 Å². The molecule has 1 atom stereocenters. The quantitative estimate of drug-likeness (QED) is 0.789. The first-order chi connectivity index (χ1) is 12.4. The van der Waals surface area contributed by atoms with Crippen LogP contribution in [0.1, 0.15) is 16.1 Å². The Morgan fingerprint density at radius 1 is 1.35 bits per heavy atom. The number of carbonyl (C=O) groups is 1. The summed E-state index contributed by atoms with van der Waals surface area (Å²) in [6.45, 7) is -0.281. The van der Waals surface area contributed by atoms with Crippen LogP contribution in [0.3, 0.4) is 0 Å². The lowest BCUT2D eigenvalue weighted by Crippen LogP contribution is -2.44. The molecule has 1 aliphatic heterocycles. The number of halogens is 3. The van der Waals surface area contributed by atoms with Gasteiger partial charge in [0.1, 0.15) is 18.1 Å². The summed E-state index contributed by atoms with van der Waals surface area (Å²) in [6, 6.07) is 9.32. The number of aromatic nitrogens is 1. The van der Waals surface area contributed by atoms with Crippen molar-refractivity contribution in [3.8, 4) is 0 Å². The molecule has 9 heteroatoms. The highest BCUT2D eigenvalue weighted by Gasteiger charge is 2.44. The highest BCUT2D eigenvalue weighted by molar-refractivity contribution is 9.10. The van der Waals surface area contributed by atoms with Crippen molar-refractivity contribution >= 4 is 33.4 Å². The van der Waals surface area contributed by atoms with Crippen LogP contribution in [0.4, 0.5) is 14.5 Å². The van der Waals surface area contributed by atoms with Crippen LogP contribution < -0.4 is 11.1 Å². The van der Waals surface area contributed by atoms with Gasteiger partial charge in [0.25, 0.3) is 12.3 Å². The molecule has 0 aliphatic carbocycles. The van der Waals surface area contributed by atoms with E-state index >= 15 is 0 Å². The number of aliphatic imine (C=N–C) groups is 1. The number of anilines is 1. The molecule has 2 heterocycles. The Morgan fingerprint density at radius 2 is 2.15 bits per heavy atom. The zero-order valence-corrected chi connectivity index (χ0v) is 15.0. The van der Waals surface area contributed by atoms with E-state index in [0.29, 0.717) is 5.69 Å². The molecular formula is C17H15BrF2N4O2. The molecule has 2 aromatic rings. The van der Waals surface area contributed by atoms with Crippen LogP contribution in [-0.2, 0) is 10.3 Å². The third kappa shape index (κ3) is 3.73. The number of rotatable bonds is 4. The highest BCUT2D eigenvalue weighted by Crippen LogP contribution is 2.36. The Balaban J connectivity index is 1.89. The zero-order chi connectivity index (χ0) is 18.7. The fourth-order valence-electron chi connectivity index (χ4n) is 2.59. The molecule has 0 saturated heterocycles. The number of pyridine rings is 1. The maximum absolute atomic E-state index is 13.8. The van der Waals surface area contributed by atoms with E-state index < -0.39 is 17.9 Å². The van der Waals surface area contributed by atoms with Gasteiger partial charge >= 0.3 is 0 Å². The molecule has 3 N–H and O–H groups in total. The Bertz CT molecular complexity index is 845. The second-order valence-electron chi connectivity index (χ2n) is 5.72. The van der Waals surface area contributed by atoms with Gasteiger partial charge in [-0.3, -0.25) is 9.79 Å². The number of nitrogens with zero attached hydrogens (tertiary/aromatic N) is 2. The summed E-state index contributed by atoms with van der Waals surface area (Å²) < 4.78 is 33.5. The van der Waals surface area contributed by atoms with E-state index in [1.807, 2.05) is 0 Å². The predicted octanol–water partition coefficient (Wildman–Crippen LogP) is 2.94. The first kappa shape index (κ1) is 18.4. The average Bonchev–Trinajstić information content (AvgIpc) is 2.62. The molecule has 6 nitrogen and oxygen atoms in total. The molecule has 1 unspecified atom stereocenters. The summed E-state index contributed by atoms with van der Waals surface area (Å²) in [4.78, 5) is 20.2. The largest absolute Gasteiger partial charge is 0.385 e. The van der Waals surface area contributed by atoms with E-state index in [-0.39, 0.29) is 30.3 Å². The maximum atomic E-state index is 13.8. The van der Waals surface area contributed by atoms with Gasteiger partial charge in [0.15, 0.2) is 5.54 Å². The topological polar surface area (TPSA) is 89.6 Å². The third-order valence-electron chi connectivity index (χ3n) is 3.86. The van der Waals surface area contributed by atoms with Crippen LogP contribution in [0, 0.1) is 0 Å². The van der Waals surface area contributed by atoms with Crippen LogP contribution in [0.25, 0.3) is 0 Å². The SMILES string of the molecule is NC1=NC(c2cccc(NC(=O)c3ccc(Br)cn3)c2)(C(F)F)COC1. The summed E-state index contributed by atoms with van der Waals surface area (Å²) in [5, 5.41) is 2.64. The normalized spacial score (nSPS) is 19.9. The average molecular weight is 425 g/mol. The van der Waals surface area contributed by atoms with Crippen molar-refractivity contribution in [1.29, 1.82) is 0 Å². The number of ether oxygens (including phenoxy) is 1. The Kier molecular flexibility index (Phi) is 5.28. The van der Waals surface area contributed by atoms with Gasteiger partial charge in [-0.2, -0.15) is 0 Å². The number of alkyl halides is 2. The summed E-state index contributed by atoms with van der Waals surface area (Å²) >= 11 is 3.24. The Morgan fingerprint density at radius 3 is 2.81 bits per heavy atom. The molecule has 3 rings (SSSR count). The predicted molar refractivity (Wildman–Crippen MR) is 96.5 cm³/mol. The monoisotopic (exact) mass is 424 g/mol. The maximum Gasteiger partial charge on any atom is 0.274 e. The van der Waals surface area contributed by atoms with E-state index in [4.69, 9.17) is 10.5 Å². The van der Waals surface area contributed by atoms with Gasteiger partial charge in [0.2, 0.25) is 0 Å². The smallest absolute Gasteiger partial charge is 0.274 e. The first-order valence-electron chi connectivity index (χ1n) is 7.64. The minimum Gasteiger partial charge on any atom is -0.385 e. The lowest BCUT2D eigenvalue weighted by atomic mass is 9.90. The van der Waals surface area contributed by atoms with Gasteiger partial charge in [0.05, 0.1) is 6.61 Å². The second kappa shape index (κ2) is 7.46. The molecule has 0 fully saturated rings. The molecule has 0 spiro atoms. The summed E-state index contributed by atoms with van der Waals surface area (Å²) in [5.41, 5.74) is 4.46. The lowest BCUT2D eigenvalue weighted by molar-refractivity contribution is -0.0129. The third-order valence-corrected chi connectivity index (χ3v) is 4.33. The summed E-state index contributed by atoms with van der Waals surface area (Å²) in [6.07, 6.45) is -1.33. The van der Waals surface area contributed by atoms with E-state index in [0.717, 1.165) is 4.47 Å². The van der Waals surface area contributed by atoms with E-state index in [9.17, 15) is 13.6 Å². The molecule has 0 saturated carbocycles. The number of nitrogens with one attached hydrogen (secondary N) is 1. The number of amides is 1. The Hall–Kier alpha value is -2.39. The molecule has 26 heavy (non-hydrogen) atoms.